The van der Waals surface area contributed by atoms with Crippen molar-refractivity contribution in [1.82, 2.24) is 15.3 Å². The van der Waals surface area contributed by atoms with Gasteiger partial charge in [-0.15, -0.1) is 0 Å². The molecule has 1 spiro atoms. The molecule has 1 amide bonds. The summed E-state index contributed by atoms with van der Waals surface area (Å²) in [5, 5.41) is 3.48. The van der Waals surface area contributed by atoms with Crippen LogP contribution < -0.4 is 10.2 Å². The Morgan fingerprint density at radius 2 is 1.97 bits per heavy atom. The largest absolute Gasteiger partial charge is 0.433 e. The van der Waals surface area contributed by atoms with Crippen molar-refractivity contribution in [2.24, 2.45) is 5.41 Å². The summed E-state index contributed by atoms with van der Waals surface area (Å²) < 4.78 is 44.3. The van der Waals surface area contributed by atoms with E-state index in [2.05, 4.69) is 15.3 Å². The number of fused-ring (bicyclic) bond motifs is 1. The zero-order valence-corrected chi connectivity index (χ0v) is 17.2. The van der Waals surface area contributed by atoms with Gasteiger partial charge in [-0.3, -0.25) is 9.78 Å². The number of anilines is 1. The van der Waals surface area contributed by atoms with E-state index >= 15 is 0 Å². The number of halogens is 4. The van der Waals surface area contributed by atoms with Crippen LogP contribution in [0.15, 0.2) is 40.9 Å². The van der Waals surface area contributed by atoms with E-state index in [1.54, 1.807) is 18.2 Å². The third-order valence-electron chi connectivity index (χ3n) is 5.92. The van der Waals surface area contributed by atoms with Crippen molar-refractivity contribution in [3.63, 3.8) is 0 Å². The second kappa shape index (κ2) is 6.59. The third kappa shape index (κ3) is 3.60. The standard InChI is InChI=1S/C21H18ClF3N4O2/c1-19(28-17(30)12-4-5-26-16(6-12)21(23,24)25)8-20(9-19)10-29(11-20)18-27-14-7-13(22)2-3-15(14)31-18/h2-7H,8-11H2,1H3,(H,28,30). The van der Waals surface area contributed by atoms with E-state index in [1.165, 1.54) is 6.07 Å². The van der Waals surface area contributed by atoms with Gasteiger partial charge in [-0.05, 0) is 50.1 Å². The number of pyridine rings is 1. The number of hydrogen-bond donors (Lipinski definition) is 1. The highest BCUT2D eigenvalue weighted by molar-refractivity contribution is 6.31. The second-order valence-electron chi connectivity index (χ2n) is 8.76. The van der Waals surface area contributed by atoms with Crippen LogP contribution in [0.3, 0.4) is 0 Å². The zero-order chi connectivity index (χ0) is 22.0. The Kier molecular flexibility index (Phi) is 4.28. The van der Waals surface area contributed by atoms with Crippen molar-refractivity contribution in [2.75, 3.05) is 18.0 Å². The molecule has 0 unspecified atom stereocenters. The molecular formula is C21H18ClF3N4O2. The van der Waals surface area contributed by atoms with Crippen LogP contribution in [0.25, 0.3) is 11.1 Å². The molecule has 10 heteroatoms. The number of aromatic nitrogens is 2. The quantitative estimate of drug-likeness (QED) is 0.627. The van der Waals surface area contributed by atoms with Crippen LogP contribution in [0.1, 0.15) is 35.8 Å². The number of amides is 1. The second-order valence-corrected chi connectivity index (χ2v) is 9.20. The first-order valence-corrected chi connectivity index (χ1v) is 10.1. The number of nitrogens with one attached hydrogen (secondary N) is 1. The van der Waals surface area contributed by atoms with Crippen LogP contribution in [-0.2, 0) is 6.18 Å². The van der Waals surface area contributed by atoms with E-state index in [1.807, 2.05) is 11.8 Å². The number of nitrogens with zero attached hydrogens (tertiary/aromatic N) is 3. The number of carbonyl (C=O) groups is 1. The summed E-state index contributed by atoms with van der Waals surface area (Å²) >= 11 is 5.99. The SMILES string of the molecule is CC1(NC(=O)c2ccnc(C(F)(F)F)c2)CC2(CN(c3nc4cc(Cl)ccc4o3)C2)C1. The van der Waals surface area contributed by atoms with E-state index in [0.29, 0.717) is 22.1 Å². The number of alkyl halides is 3. The molecule has 162 valence electrons. The molecule has 0 radical (unpaired) electrons. The molecule has 1 saturated carbocycles. The summed E-state index contributed by atoms with van der Waals surface area (Å²) in [6.45, 7) is 3.39. The highest BCUT2D eigenvalue weighted by Crippen LogP contribution is 2.55. The van der Waals surface area contributed by atoms with Gasteiger partial charge in [0.25, 0.3) is 11.9 Å². The van der Waals surface area contributed by atoms with Crippen molar-refractivity contribution < 1.29 is 22.4 Å². The van der Waals surface area contributed by atoms with Gasteiger partial charge in [-0.25, -0.2) is 0 Å². The molecule has 31 heavy (non-hydrogen) atoms. The van der Waals surface area contributed by atoms with Gasteiger partial charge >= 0.3 is 6.18 Å². The molecule has 3 heterocycles. The number of oxazole rings is 1. The zero-order valence-electron chi connectivity index (χ0n) is 16.5. The van der Waals surface area contributed by atoms with Crippen molar-refractivity contribution in [2.45, 2.75) is 31.5 Å². The first-order valence-electron chi connectivity index (χ1n) is 9.71. The minimum atomic E-state index is -4.59. The fourth-order valence-electron chi connectivity index (χ4n) is 4.91. The average molecular weight is 451 g/mol. The van der Waals surface area contributed by atoms with Crippen molar-refractivity contribution in [1.29, 1.82) is 0 Å². The Morgan fingerprint density at radius 1 is 1.23 bits per heavy atom. The lowest BCUT2D eigenvalue weighted by molar-refractivity contribution is -0.141. The number of rotatable bonds is 3. The van der Waals surface area contributed by atoms with Gasteiger partial charge in [0.15, 0.2) is 5.58 Å². The highest BCUT2D eigenvalue weighted by atomic mass is 35.5. The molecule has 0 bridgehead atoms. The molecule has 1 saturated heterocycles. The van der Waals surface area contributed by atoms with E-state index < -0.39 is 23.3 Å². The first-order chi connectivity index (χ1) is 14.5. The van der Waals surface area contributed by atoms with Gasteiger partial charge in [0.1, 0.15) is 11.2 Å². The van der Waals surface area contributed by atoms with Crippen LogP contribution in [-0.4, -0.2) is 34.5 Å². The van der Waals surface area contributed by atoms with E-state index in [0.717, 1.165) is 38.2 Å². The predicted molar refractivity (Wildman–Crippen MR) is 108 cm³/mol. The highest BCUT2D eigenvalue weighted by Gasteiger charge is 2.59. The molecule has 1 aliphatic heterocycles. The van der Waals surface area contributed by atoms with Crippen LogP contribution in [0, 0.1) is 5.41 Å². The lowest BCUT2D eigenvalue weighted by atomic mass is 9.54. The topological polar surface area (TPSA) is 71.3 Å². The normalized spacial score (nSPS) is 19.2. The summed E-state index contributed by atoms with van der Waals surface area (Å²) in [7, 11) is 0. The summed E-state index contributed by atoms with van der Waals surface area (Å²) in [6, 6.07) is 7.88. The third-order valence-corrected chi connectivity index (χ3v) is 6.15. The fraction of sp³-hybridized carbons (Fsp3) is 0.381. The maximum absolute atomic E-state index is 12.8. The Labute approximate surface area is 180 Å². The molecule has 5 rings (SSSR count). The summed E-state index contributed by atoms with van der Waals surface area (Å²) in [6.07, 6.45) is -2.14. The monoisotopic (exact) mass is 450 g/mol. The maximum atomic E-state index is 12.8. The summed E-state index contributed by atoms with van der Waals surface area (Å²) in [5.74, 6) is -0.530. The minimum Gasteiger partial charge on any atom is -0.423 e. The van der Waals surface area contributed by atoms with Gasteiger partial charge < -0.3 is 14.6 Å². The van der Waals surface area contributed by atoms with Gasteiger partial charge in [0, 0.05) is 40.8 Å². The summed E-state index contributed by atoms with van der Waals surface area (Å²) in [4.78, 5) is 22.3. The van der Waals surface area contributed by atoms with E-state index in [4.69, 9.17) is 16.0 Å². The van der Waals surface area contributed by atoms with Crippen molar-refractivity contribution in [3.8, 4) is 0 Å². The molecule has 2 aliphatic rings. The average Bonchev–Trinajstić information content (AvgIpc) is 3.05. The Morgan fingerprint density at radius 3 is 2.68 bits per heavy atom. The molecule has 1 aliphatic carbocycles. The molecule has 1 N–H and O–H groups in total. The van der Waals surface area contributed by atoms with Crippen LogP contribution in [0.2, 0.25) is 5.02 Å². The van der Waals surface area contributed by atoms with Gasteiger partial charge in [0.05, 0.1) is 0 Å². The van der Waals surface area contributed by atoms with Crippen LogP contribution in [0.4, 0.5) is 19.2 Å². The molecule has 2 fully saturated rings. The van der Waals surface area contributed by atoms with E-state index in [-0.39, 0.29) is 11.0 Å². The lowest BCUT2D eigenvalue weighted by Gasteiger charge is -2.63. The molecule has 6 nitrogen and oxygen atoms in total. The maximum Gasteiger partial charge on any atom is 0.433 e. The van der Waals surface area contributed by atoms with Crippen molar-refractivity contribution in [3.05, 3.63) is 52.8 Å². The molecular weight excluding hydrogens is 433 g/mol. The van der Waals surface area contributed by atoms with E-state index in [9.17, 15) is 18.0 Å². The lowest BCUT2D eigenvalue weighted by Crippen LogP contribution is -2.71. The fourth-order valence-corrected chi connectivity index (χ4v) is 5.08. The van der Waals surface area contributed by atoms with Gasteiger partial charge in [0.2, 0.25) is 0 Å². The molecule has 0 atom stereocenters. The minimum absolute atomic E-state index is 0.0374. The smallest absolute Gasteiger partial charge is 0.423 e. The number of benzene rings is 1. The molecule has 1 aromatic carbocycles. The first kappa shape index (κ1) is 20.1. The Balaban J connectivity index is 1.21. The van der Waals surface area contributed by atoms with Crippen LogP contribution in [0.5, 0.6) is 0 Å². The van der Waals surface area contributed by atoms with Gasteiger partial charge in [-0.2, -0.15) is 18.2 Å². The molecule has 2 aromatic heterocycles. The summed E-state index contributed by atoms with van der Waals surface area (Å²) in [5.41, 5.74) is -0.198. The Bertz CT molecular complexity index is 1180. The van der Waals surface area contributed by atoms with Crippen LogP contribution >= 0.6 is 11.6 Å². The molecule has 3 aromatic rings. The van der Waals surface area contributed by atoms with Crippen molar-refractivity contribution >= 4 is 34.6 Å². The number of carbonyl (C=O) groups excluding carboxylic acids is 1. The predicted octanol–water partition coefficient (Wildman–Crippen LogP) is 4.68. The number of hydrogen-bond acceptors (Lipinski definition) is 5. The Hall–Kier alpha value is -2.81. The van der Waals surface area contributed by atoms with Gasteiger partial charge in [-0.1, -0.05) is 11.6 Å².